The second kappa shape index (κ2) is 18.3. The van der Waals surface area contributed by atoms with Crippen LogP contribution in [-0.2, 0) is 46.7 Å². The fraction of sp³-hybridized carbons (Fsp3) is 0.400. The quantitative estimate of drug-likeness (QED) is 0.131. The lowest BCUT2D eigenvalue weighted by molar-refractivity contribution is -0.147. The standard InChI is InChI=1S/C45H53N3O7/c1-5-23-48-24-13-19-35-27-37-34(28-39(35)48)21-22-40(52-29-31-14-8-6-9-15-31)41(37)54-43(50)46-36-20-12-18-33(25-36)26-38(47-44(51)55-45(2,3)4)42(49)53-30-32-16-10-7-11-17-32/h6-12,14-18,20-22,25,35,38-39H,5,13,19,23-24,26-30H2,1-4H3,(H,46,50)(H,47,51)/t35-,38?,39-/m1/s1. The number of likely N-dealkylation sites (tertiary alicyclic amines) is 1. The Morgan fingerprint density at radius 1 is 0.836 bits per heavy atom. The van der Waals surface area contributed by atoms with Crippen LogP contribution in [0, 0.1) is 5.92 Å². The van der Waals surface area contributed by atoms with E-state index in [0.29, 0.717) is 41.3 Å². The maximum absolute atomic E-state index is 13.7. The molecule has 55 heavy (non-hydrogen) atoms. The number of rotatable bonds is 13. The first-order chi connectivity index (χ1) is 26.5. The van der Waals surface area contributed by atoms with Crippen molar-refractivity contribution in [1.82, 2.24) is 10.2 Å². The van der Waals surface area contributed by atoms with Crippen molar-refractivity contribution in [2.75, 3.05) is 18.4 Å². The predicted octanol–water partition coefficient (Wildman–Crippen LogP) is 8.64. The predicted molar refractivity (Wildman–Crippen MR) is 212 cm³/mol. The molecule has 290 valence electrons. The molecule has 1 heterocycles. The van der Waals surface area contributed by atoms with Gasteiger partial charge < -0.3 is 24.3 Å². The molecule has 1 saturated heterocycles. The Labute approximate surface area is 324 Å². The lowest BCUT2D eigenvalue weighted by Gasteiger charge is -2.45. The van der Waals surface area contributed by atoms with Crippen molar-refractivity contribution < 1.29 is 33.3 Å². The molecule has 6 rings (SSSR count). The number of nitrogens with one attached hydrogen (secondary N) is 2. The van der Waals surface area contributed by atoms with Crippen molar-refractivity contribution in [2.45, 2.75) is 97.1 Å². The van der Waals surface area contributed by atoms with E-state index in [1.54, 1.807) is 39.0 Å². The van der Waals surface area contributed by atoms with Crippen molar-refractivity contribution in [1.29, 1.82) is 0 Å². The minimum Gasteiger partial charge on any atom is -0.485 e. The highest BCUT2D eigenvalue weighted by atomic mass is 16.6. The number of ether oxygens (including phenoxy) is 4. The number of hydrogen-bond donors (Lipinski definition) is 2. The number of anilines is 1. The average molecular weight is 748 g/mol. The van der Waals surface area contributed by atoms with Crippen molar-refractivity contribution in [3.63, 3.8) is 0 Å². The fourth-order valence-electron chi connectivity index (χ4n) is 7.54. The van der Waals surface area contributed by atoms with Crippen LogP contribution < -0.4 is 20.1 Å². The van der Waals surface area contributed by atoms with Gasteiger partial charge in [0.05, 0.1) is 0 Å². The number of carbonyl (C=O) groups excluding carboxylic acids is 3. The zero-order chi connectivity index (χ0) is 38.8. The fourth-order valence-corrected chi connectivity index (χ4v) is 7.54. The normalized spacial score (nSPS) is 17.2. The van der Waals surface area contributed by atoms with Crippen LogP contribution in [0.4, 0.5) is 15.3 Å². The Balaban J connectivity index is 1.19. The van der Waals surface area contributed by atoms with Crippen LogP contribution in [0.5, 0.6) is 11.5 Å². The highest BCUT2D eigenvalue weighted by Crippen LogP contribution is 2.43. The number of alkyl carbamates (subject to hydrolysis) is 1. The van der Waals surface area contributed by atoms with E-state index in [9.17, 15) is 14.4 Å². The van der Waals surface area contributed by atoms with Crippen LogP contribution >= 0.6 is 0 Å². The summed E-state index contributed by atoms with van der Waals surface area (Å²) in [5.74, 6) is 0.843. The maximum atomic E-state index is 13.7. The van der Waals surface area contributed by atoms with Gasteiger partial charge in [-0.25, -0.2) is 14.4 Å². The van der Waals surface area contributed by atoms with Gasteiger partial charge in [0, 0.05) is 23.7 Å². The Morgan fingerprint density at radius 3 is 2.25 bits per heavy atom. The summed E-state index contributed by atoms with van der Waals surface area (Å²) in [4.78, 5) is 42.4. The highest BCUT2D eigenvalue weighted by molar-refractivity contribution is 5.87. The van der Waals surface area contributed by atoms with E-state index in [2.05, 4.69) is 28.5 Å². The van der Waals surface area contributed by atoms with Gasteiger partial charge in [-0.3, -0.25) is 10.2 Å². The molecule has 2 aliphatic rings. The van der Waals surface area contributed by atoms with E-state index >= 15 is 0 Å². The van der Waals surface area contributed by atoms with Crippen molar-refractivity contribution in [2.24, 2.45) is 5.92 Å². The van der Waals surface area contributed by atoms with Crippen LogP contribution in [-0.4, -0.2) is 53.8 Å². The summed E-state index contributed by atoms with van der Waals surface area (Å²) < 4.78 is 23.6. The molecule has 1 fully saturated rings. The molecule has 0 saturated carbocycles. The summed E-state index contributed by atoms with van der Waals surface area (Å²) in [6.45, 7) is 10.1. The van der Waals surface area contributed by atoms with Crippen LogP contribution in [0.2, 0.25) is 0 Å². The van der Waals surface area contributed by atoms with Gasteiger partial charge in [-0.15, -0.1) is 0 Å². The molecule has 1 unspecified atom stereocenters. The van der Waals surface area contributed by atoms with Crippen molar-refractivity contribution >= 4 is 23.8 Å². The number of carbonyl (C=O) groups is 3. The molecule has 2 N–H and O–H groups in total. The number of esters is 1. The molecule has 0 bridgehead atoms. The number of fused-ring (bicyclic) bond motifs is 2. The number of hydrogen-bond acceptors (Lipinski definition) is 8. The first-order valence-electron chi connectivity index (χ1n) is 19.4. The minimum absolute atomic E-state index is 0.0538. The number of benzene rings is 4. The first kappa shape index (κ1) is 39.3. The second-order valence-electron chi connectivity index (χ2n) is 15.4. The Bertz CT molecular complexity index is 1910. The van der Waals surface area contributed by atoms with Gasteiger partial charge in [0.15, 0.2) is 11.5 Å². The largest absolute Gasteiger partial charge is 0.485 e. The smallest absolute Gasteiger partial charge is 0.417 e. The van der Waals surface area contributed by atoms with Crippen LogP contribution in [0.1, 0.15) is 74.8 Å². The minimum atomic E-state index is -1.04. The molecule has 0 radical (unpaired) electrons. The molecule has 2 amide bonds. The average Bonchev–Trinajstić information content (AvgIpc) is 3.16. The van der Waals surface area contributed by atoms with Crippen molar-refractivity contribution in [3.8, 4) is 11.5 Å². The van der Waals surface area contributed by atoms with E-state index in [-0.39, 0.29) is 13.0 Å². The molecular weight excluding hydrogens is 695 g/mol. The van der Waals surface area contributed by atoms with E-state index in [4.69, 9.17) is 18.9 Å². The first-order valence-corrected chi connectivity index (χ1v) is 19.4. The number of amides is 2. The van der Waals surface area contributed by atoms with E-state index in [1.165, 1.54) is 5.56 Å². The van der Waals surface area contributed by atoms with E-state index < -0.39 is 29.8 Å². The molecule has 10 heteroatoms. The zero-order valence-corrected chi connectivity index (χ0v) is 32.3. The number of piperidine rings is 1. The van der Waals surface area contributed by atoms with Crippen LogP contribution in [0.3, 0.4) is 0 Å². The Morgan fingerprint density at radius 2 is 1.55 bits per heavy atom. The van der Waals surface area contributed by atoms with Gasteiger partial charge in [0.25, 0.3) is 0 Å². The van der Waals surface area contributed by atoms with Gasteiger partial charge in [-0.1, -0.05) is 85.8 Å². The summed E-state index contributed by atoms with van der Waals surface area (Å²) in [5.41, 5.74) is 4.43. The summed E-state index contributed by atoms with van der Waals surface area (Å²) in [7, 11) is 0. The highest BCUT2D eigenvalue weighted by Gasteiger charge is 2.37. The second-order valence-corrected chi connectivity index (χ2v) is 15.4. The Hall–Kier alpha value is -5.35. The Kier molecular flexibility index (Phi) is 13.1. The van der Waals surface area contributed by atoms with E-state index in [1.807, 2.05) is 72.8 Å². The van der Waals surface area contributed by atoms with E-state index in [0.717, 1.165) is 61.9 Å². The summed E-state index contributed by atoms with van der Waals surface area (Å²) in [6.07, 6.45) is 3.85. The third-order valence-corrected chi connectivity index (χ3v) is 10.0. The summed E-state index contributed by atoms with van der Waals surface area (Å²) in [5, 5.41) is 5.56. The third-order valence-electron chi connectivity index (χ3n) is 10.0. The maximum Gasteiger partial charge on any atom is 0.417 e. The van der Waals surface area contributed by atoms with Gasteiger partial charge in [-0.2, -0.15) is 0 Å². The SMILES string of the molecule is CCCN1CCC[C@@H]2Cc3c(ccc(OCc4ccccc4)c3OC(=O)Nc3cccc(CC(NC(=O)OC(C)(C)C)C(=O)OCc4ccccc4)c3)C[C@H]21. The van der Waals surface area contributed by atoms with Gasteiger partial charge >= 0.3 is 18.2 Å². The van der Waals surface area contributed by atoms with Crippen LogP contribution in [0.25, 0.3) is 0 Å². The summed E-state index contributed by atoms with van der Waals surface area (Å²) >= 11 is 0. The molecule has 4 aromatic rings. The zero-order valence-electron chi connectivity index (χ0n) is 32.3. The molecular formula is C45H53N3O7. The van der Waals surface area contributed by atoms with Crippen LogP contribution in [0.15, 0.2) is 97.1 Å². The molecule has 10 nitrogen and oxygen atoms in total. The topological polar surface area (TPSA) is 115 Å². The van der Waals surface area contributed by atoms with Gasteiger partial charge in [0.2, 0.25) is 0 Å². The lowest BCUT2D eigenvalue weighted by Crippen LogP contribution is -2.49. The van der Waals surface area contributed by atoms with Gasteiger partial charge in [-0.05, 0) is 112 Å². The molecule has 0 aromatic heterocycles. The molecule has 1 aliphatic heterocycles. The molecule has 0 spiro atoms. The number of nitrogens with zero attached hydrogens (tertiary/aromatic N) is 1. The molecule has 4 aromatic carbocycles. The third kappa shape index (κ3) is 11.1. The summed E-state index contributed by atoms with van der Waals surface area (Å²) in [6, 6.07) is 29.8. The van der Waals surface area contributed by atoms with Crippen molar-refractivity contribution in [3.05, 3.63) is 125 Å². The van der Waals surface area contributed by atoms with Gasteiger partial charge in [0.1, 0.15) is 24.9 Å². The molecule has 1 aliphatic carbocycles. The monoisotopic (exact) mass is 747 g/mol. The lowest BCUT2D eigenvalue weighted by atomic mass is 9.75. The molecule has 3 atom stereocenters.